The first kappa shape index (κ1) is 18.8. The topological polar surface area (TPSA) is 114 Å². The van der Waals surface area contributed by atoms with Crippen LogP contribution in [0.4, 0.5) is 0 Å². The monoisotopic (exact) mass is 419 g/mol. The molecule has 2 heterocycles. The number of ether oxygens (including phenoxy) is 2. The molecule has 2 N–H and O–H groups in total. The number of aromatic nitrogens is 2. The first-order valence-electron chi connectivity index (χ1n) is 8.45. The molecule has 3 aromatic rings. The average Bonchev–Trinajstić information content (AvgIpc) is 3.27. The normalized spacial score (nSPS) is 13.2. The highest BCUT2D eigenvalue weighted by Crippen LogP contribution is 2.33. The fourth-order valence-corrected chi connectivity index (χ4v) is 4.47. The first-order valence-corrected chi connectivity index (χ1v) is 11.0. The SMILES string of the molecule is CCn1c(SCC(=O)c2ccc3c(c2)OCO3)nc2cc(S(N)(=O)=O)ccc21. The molecular formula is C18H17N3O5S2. The molecule has 0 saturated carbocycles. The maximum Gasteiger partial charge on any atom is 0.238 e. The van der Waals surface area contributed by atoms with Crippen LogP contribution in [0, 0.1) is 0 Å². The molecule has 1 aliphatic rings. The van der Waals surface area contributed by atoms with E-state index >= 15 is 0 Å². The summed E-state index contributed by atoms with van der Waals surface area (Å²) in [6.45, 7) is 2.74. The number of fused-ring (bicyclic) bond motifs is 2. The number of nitrogens with two attached hydrogens (primary N) is 1. The van der Waals surface area contributed by atoms with E-state index in [0.29, 0.717) is 34.3 Å². The number of hydrogen-bond donors (Lipinski definition) is 1. The lowest BCUT2D eigenvalue weighted by Crippen LogP contribution is -2.11. The number of Topliss-reactive ketones (excluding diaryl/α,β-unsaturated/α-hetero) is 1. The fourth-order valence-electron chi connectivity index (χ4n) is 2.96. The minimum atomic E-state index is -3.80. The Morgan fingerprint density at radius 1 is 1.21 bits per heavy atom. The van der Waals surface area contributed by atoms with Crippen LogP contribution in [0.25, 0.3) is 11.0 Å². The third kappa shape index (κ3) is 3.46. The van der Waals surface area contributed by atoms with Crippen molar-refractivity contribution in [3.05, 3.63) is 42.0 Å². The quantitative estimate of drug-likeness (QED) is 0.482. The molecule has 0 atom stereocenters. The van der Waals surface area contributed by atoms with E-state index < -0.39 is 10.0 Å². The van der Waals surface area contributed by atoms with Crippen LogP contribution in [0.2, 0.25) is 0 Å². The van der Waals surface area contributed by atoms with Gasteiger partial charge in [0.25, 0.3) is 0 Å². The van der Waals surface area contributed by atoms with Crippen LogP contribution in [-0.2, 0) is 16.6 Å². The number of thioether (sulfide) groups is 1. The molecule has 0 saturated heterocycles. The van der Waals surface area contributed by atoms with E-state index in [1.54, 1.807) is 24.3 Å². The third-order valence-corrected chi connectivity index (χ3v) is 6.24. The van der Waals surface area contributed by atoms with E-state index in [1.807, 2.05) is 11.5 Å². The lowest BCUT2D eigenvalue weighted by Gasteiger charge is -2.06. The largest absolute Gasteiger partial charge is 0.454 e. The second kappa shape index (κ2) is 7.12. The van der Waals surface area contributed by atoms with Crippen molar-refractivity contribution in [2.45, 2.75) is 23.5 Å². The summed E-state index contributed by atoms with van der Waals surface area (Å²) in [7, 11) is -3.80. The second-order valence-electron chi connectivity index (χ2n) is 6.11. The number of benzene rings is 2. The molecule has 10 heteroatoms. The van der Waals surface area contributed by atoms with E-state index in [4.69, 9.17) is 14.6 Å². The van der Waals surface area contributed by atoms with Crippen LogP contribution in [-0.4, -0.2) is 36.3 Å². The van der Waals surface area contributed by atoms with Crippen molar-refractivity contribution in [1.82, 2.24) is 9.55 Å². The number of nitrogens with zero attached hydrogens (tertiary/aromatic N) is 2. The van der Waals surface area contributed by atoms with Crippen molar-refractivity contribution in [1.29, 1.82) is 0 Å². The third-order valence-electron chi connectivity index (χ3n) is 4.36. The highest BCUT2D eigenvalue weighted by Gasteiger charge is 2.18. The maximum absolute atomic E-state index is 12.6. The standard InChI is InChI=1S/C18H17N3O5S2/c1-2-21-14-5-4-12(28(19,23)24)8-13(14)20-18(21)27-9-15(22)11-3-6-16-17(7-11)26-10-25-16/h3-8H,2,9-10H2,1H3,(H2,19,23,24). The van der Waals surface area contributed by atoms with E-state index in [-0.39, 0.29) is 23.2 Å². The number of sulfonamides is 1. The van der Waals surface area contributed by atoms with Gasteiger partial charge in [0.2, 0.25) is 16.8 Å². The maximum atomic E-state index is 12.6. The summed E-state index contributed by atoms with van der Waals surface area (Å²) in [4.78, 5) is 17.1. The molecular weight excluding hydrogens is 402 g/mol. The van der Waals surface area contributed by atoms with Crippen LogP contribution < -0.4 is 14.6 Å². The molecule has 0 radical (unpaired) electrons. The molecule has 1 aromatic heterocycles. The summed E-state index contributed by atoms with van der Waals surface area (Å²) in [5.41, 5.74) is 1.84. The van der Waals surface area contributed by atoms with Crippen molar-refractivity contribution in [2.24, 2.45) is 5.14 Å². The average molecular weight is 419 g/mol. The van der Waals surface area contributed by atoms with Crippen molar-refractivity contribution < 1.29 is 22.7 Å². The van der Waals surface area contributed by atoms with Gasteiger partial charge in [-0.1, -0.05) is 11.8 Å². The number of carbonyl (C=O) groups is 1. The van der Waals surface area contributed by atoms with Crippen molar-refractivity contribution in [3.8, 4) is 11.5 Å². The van der Waals surface area contributed by atoms with Crippen LogP contribution in [0.5, 0.6) is 11.5 Å². The molecule has 28 heavy (non-hydrogen) atoms. The smallest absolute Gasteiger partial charge is 0.238 e. The van der Waals surface area contributed by atoms with E-state index in [1.165, 1.54) is 23.9 Å². The zero-order chi connectivity index (χ0) is 19.9. The summed E-state index contributed by atoms with van der Waals surface area (Å²) in [5, 5.41) is 5.83. The highest BCUT2D eigenvalue weighted by molar-refractivity contribution is 7.99. The Morgan fingerprint density at radius 2 is 2.00 bits per heavy atom. The van der Waals surface area contributed by atoms with E-state index in [2.05, 4.69) is 4.98 Å². The van der Waals surface area contributed by atoms with Crippen molar-refractivity contribution in [3.63, 3.8) is 0 Å². The van der Waals surface area contributed by atoms with Gasteiger partial charge < -0.3 is 14.0 Å². The molecule has 2 aromatic carbocycles. The van der Waals surface area contributed by atoms with Gasteiger partial charge in [-0.15, -0.1) is 0 Å². The summed E-state index contributed by atoms with van der Waals surface area (Å²) >= 11 is 1.30. The van der Waals surface area contributed by atoms with E-state index in [0.717, 1.165) is 5.52 Å². The Bertz CT molecular complexity index is 1190. The second-order valence-corrected chi connectivity index (χ2v) is 8.62. The zero-order valence-corrected chi connectivity index (χ0v) is 16.5. The minimum absolute atomic E-state index is 0.00809. The van der Waals surface area contributed by atoms with Gasteiger partial charge in [0, 0.05) is 12.1 Å². The Kier molecular flexibility index (Phi) is 4.77. The summed E-state index contributed by atoms with van der Waals surface area (Å²) < 4.78 is 35.6. The van der Waals surface area contributed by atoms with Gasteiger partial charge in [-0.25, -0.2) is 18.5 Å². The number of imidazole rings is 1. The van der Waals surface area contributed by atoms with Gasteiger partial charge in [0.1, 0.15) is 0 Å². The van der Waals surface area contributed by atoms with Crippen LogP contribution in [0.1, 0.15) is 17.3 Å². The molecule has 0 bridgehead atoms. The van der Waals surface area contributed by atoms with Crippen LogP contribution >= 0.6 is 11.8 Å². The lowest BCUT2D eigenvalue weighted by molar-refractivity contribution is 0.102. The number of ketones is 1. The van der Waals surface area contributed by atoms with Gasteiger partial charge in [-0.2, -0.15) is 0 Å². The Hall–Kier alpha value is -2.56. The summed E-state index contributed by atoms with van der Waals surface area (Å²) in [5.74, 6) is 1.31. The predicted molar refractivity (Wildman–Crippen MR) is 104 cm³/mol. The fraction of sp³-hybridized carbons (Fsp3) is 0.222. The number of aryl methyl sites for hydroxylation is 1. The molecule has 4 rings (SSSR count). The van der Waals surface area contributed by atoms with Gasteiger partial charge in [-0.05, 0) is 43.3 Å². The van der Waals surface area contributed by atoms with Gasteiger partial charge in [-0.3, -0.25) is 4.79 Å². The van der Waals surface area contributed by atoms with Gasteiger partial charge in [0.15, 0.2) is 22.4 Å². The molecule has 146 valence electrons. The lowest BCUT2D eigenvalue weighted by atomic mass is 10.1. The van der Waals surface area contributed by atoms with Gasteiger partial charge in [0.05, 0.1) is 21.7 Å². The molecule has 8 nitrogen and oxygen atoms in total. The van der Waals surface area contributed by atoms with Crippen molar-refractivity contribution in [2.75, 3.05) is 12.5 Å². The summed E-state index contributed by atoms with van der Waals surface area (Å²) in [6, 6.07) is 9.67. The Labute approximate surface area is 165 Å². The Balaban J connectivity index is 1.58. The van der Waals surface area contributed by atoms with Gasteiger partial charge >= 0.3 is 0 Å². The van der Waals surface area contributed by atoms with Crippen molar-refractivity contribution >= 4 is 38.6 Å². The molecule has 0 aliphatic carbocycles. The number of primary sulfonamides is 1. The van der Waals surface area contributed by atoms with Crippen LogP contribution in [0.15, 0.2) is 46.5 Å². The number of carbonyl (C=O) groups excluding carboxylic acids is 1. The molecule has 0 spiro atoms. The Morgan fingerprint density at radius 3 is 2.75 bits per heavy atom. The molecule has 0 amide bonds. The zero-order valence-electron chi connectivity index (χ0n) is 14.9. The minimum Gasteiger partial charge on any atom is -0.454 e. The molecule has 1 aliphatic heterocycles. The number of rotatable bonds is 6. The van der Waals surface area contributed by atoms with E-state index in [9.17, 15) is 13.2 Å². The molecule has 0 fully saturated rings. The molecule has 0 unspecified atom stereocenters. The first-order chi connectivity index (χ1) is 13.4. The highest BCUT2D eigenvalue weighted by atomic mass is 32.2. The summed E-state index contributed by atoms with van der Waals surface area (Å²) in [6.07, 6.45) is 0. The van der Waals surface area contributed by atoms with Crippen LogP contribution in [0.3, 0.4) is 0 Å². The predicted octanol–water partition coefficient (Wildman–Crippen LogP) is 2.41. The number of hydrogen-bond acceptors (Lipinski definition) is 7.